The third-order valence-corrected chi connectivity index (χ3v) is 2.79. The second-order valence-electron chi connectivity index (χ2n) is 5.90. The van der Waals surface area contributed by atoms with E-state index in [1.807, 2.05) is 6.07 Å². The van der Waals surface area contributed by atoms with E-state index in [2.05, 4.69) is 38.3 Å². The lowest BCUT2D eigenvalue weighted by Crippen LogP contribution is -2.62. The SMILES string of the molecule is CC1(C)CC(NC(=O)CC#N)CC(C)(C)N1. The van der Waals surface area contributed by atoms with Crippen LogP contribution in [0.5, 0.6) is 0 Å². The van der Waals surface area contributed by atoms with Crippen molar-refractivity contribution in [2.75, 3.05) is 0 Å². The third kappa shape index (κ3) is 3.82. The van der Waals surface area contributed by atoms with Gasteiger partial charge >= 0.3 is 0 Å². The average molecular weight is 223 g/mol. The molecule has 90 valence electrons. The zero-order chi connectivity index (χ0) is 12.4. The van der Waals surface area contributed by atoms with E-state index in [0.29, 0.717) is 0 Å². The smallest absolute Gasteiger partial charge is 0.234 e. The molecular formula is C12H21N3O. The molecule has 1 rings (SSSR count). The molecule has 0 aromatic rings. The van der Waals surface area contributed by atoms with Crippen molar-refractivity contribution < 1.29 is 4.79 Å². The van der Waals surface area contributed by atoms with Gasteiger partial charge in [0, 0.05) is 17.1 Å². The van der Waals surface area contributed by atoms with Gasteiger partial charge in [0.15, 0.2) is 0 Å². The van der Waals surface area contributed by atoms with Crippen molar-refractivity contribution >= 4 is 5.91 Å². The van der Waals surface area contributed by atoms with E-state index in [4.69, 9.17) is 5.26 Å². The number of hydrogen-bond acceptors (Lipinski definition) is 3. The Labute approximate surface area is 97.4 Å². The van der Waals surface area contributed by atoms with Crippen LogP contribution in [0.2, 0.25) is 0 Å². The third-order valence-electron chi connectivity index (χ3n) is 2.79. The van der Waals surface area contributed by atoms with Gasteiger partial charge in [0.1, 0.15) is 6.42 Å². The molecule has 1 aliphatic heterocycles. The quantitative estimate of drug-likeness (QED) is 0.742. The van der Waals surface area contributed by atoms with Gasteiger partial charge in [-0.25, -0.2) is 0 Å². The Morgan fingerprint density at radius 2 is 1.88 bits per heavy atom. The Balaban J connectivity index is 2.61. The number of nitrogens with one attached hydrogen (secondary N) is 2. The van der Waals surface area contributed by atoms with Crippen LogP contribution in [0.3, 0.4) is 0 Å². The molecule has 0 bridgehead atoms. The first kappa shape index (κ1) is 13.0. The summed E-state index contributed by atoms with van der Waals surface area (Å²) in [7, 11) is 0. The first-order valence-corrected chi connectivity index (χ1v) is 5.70. The van der Waals surface area contributed by atoms with Gasteiger partial charge in [0.2, 0.25) is 5.91 Å². The maximum Gasteiger partial charge on any atom is 0.234 e. The van der Waals surface area contributed by atoms with E-state index in [9.17, 15) is 4.79 Å². The zero-order valence-corrected chi connectivity index (χ0v) is 10.6. The topological polar surface area (TPSA) is 64.9 Å². The fourth-order valence-corrected chi connectivity index (χ4v) is 2.77. The highest BCUT2D eigenvalue weighted by Crippen LogP contribution is 2.28. The zero-order valence-electron chi connectivity index (χ0n) is 10.6. The molecule has 1 heterocycles. The van der Waals surface area contributed by atoms with E-state index < -0.39 is 0 Å². The van der Waals surface area contributed by atoms with Gasteiger partial charge in [-0.15, -0.1) is 0 Å². The Bertz CT molecular complexity index is 299. The summed E-state index contributed by atoms with van der Waals surface area (Å²) in [6.45, 7) is 8.55. The minimum Gasteiger partial charge on any atom is -0.352 e. The van der Waals surface area contributed by atoms with Gasteiger partial charge in [-0.2, -0.15) is 5.26 Å². The lowest BCUT2D eigenvalue weighted by atomic mass is 9.79. The molecule has 0 atom stereocenters. The predicted molar refractivity (Wildman–Crippen MR) is 62.7 cm³/mol. The molecule has 0 saturated carbocycles. The molecule has 1 amide bonds. The highest BCUT2D eigenvalue weighted by molar-refractivity contribution is 5.78. The largest absolute Gasteiger partial charge is 0.352 e. The fraction of sp³-hybridized carbons (Fsp3) is 0.833. The van der Waals surface area contributed by atoms with Gasteiger partial charge in [-0.3, -0.25) is 4.79 Å². The van der Waals surface area contributed by atoms with Crippen molar-refractivity contribution in [3.63, 3.8) is 0 Å². The first-order valence-electron chi connectivity index (χ1n) is 5.70. The molecule has 0 aliphatic carbocycles. The van der Waals surface area contributed by atoms with Gasteiger partial charge in [0.05, 0.1) is 6.07 Å². The monoisotopic (exact) mass is 223 g/mol. The average Bonchev–Trinajstić information content (AvgIpc) is 1.96. The summed E-state index contributed by atoms with van der Waals surface area (Å²) in [5, 5.41) is 14.9. The molecule has 0 aromatic carbocycles. The van der Waals surface area contributed by atoms with Crippen LogP contribution in [-0.4, -0.2) is 23.0 Å². The van der Waals surface area contributed by atoms with Crippen molar-refractivity contribution in [3.05, 3.63) is 0 Å². The van der Waals surface area contributed by atoms with Crippen LogP contribution in [0.15, 0.2) is 0 Å². The molecule has 0 radical (unpaired) electrons. The van der Waals surface area contributed by atoms with Crippen molar-refractivity contribution in [1.29, 1.82) is 5.26 Å². The molecule has 4 nitrogen and oxygen atoms in total. The molecule has 2 N–H and O–H groups in total. The second-order valence-corrected chi connectivity index (χ2v) is 5.90. The summed E-state index contributed by atoms with van der Waals surface area (Å²) in [6.07, 6.45) is 1.74. The molecular weight excluding hydrogens is 202 g/mol. The van der Waals surface area contributed by atoms with E-state index in [-0.39, 0.29) is 29.4 Å². The normalized spacial score (nSPS) is 23.4. The Kier molecular flexibility index (Phi) is 3.59. The number of hydrogen-bond donors (Lipinski definition) is 2. The van der Waals surface area contributed by atoms with E-state index in [1.54, 1.807) is 0 Å². The van der Waals surface area contributed by atoms with Crippen LogP contribution in [0.4, 0.5) is 0 Å². The lowest BCUT2D eigenvalue weighted by molar-refractivity contribution is -0.121. The van der Waals surface area contributed by atoms with Crippen LogP contribution in [0, 0.1) is 11.3 Å². The maximum absolute atomic E-state index is 11.4. The van der Waals surface area contributed by atoms with E-state index >= 15 is 0 Å². The number of carbonyl (C=O) groups is 1. The first-order chi connectivity index (χ1) is 7.24. The molecule has 4 heteroatoms. The summed E-state index contributed by atoms with van der Waals surface area (Å²) in [4.78, 5) is 11.4. The van der Waals surface area contributed by atoms with Crippen LogP contribution in [-0.2, 0) is 4.79 Å². The maximum atomic E-state index is 11.4. The summed E-state index contributed by atoms with van der Waals surface area (Å²) in [6, 6.07) is 2.03. The second kappa shape index (κ2) is 4.42. The Morgan fingerprint density at radius 3 is 2.31 bits per heavy atom. The Morgan fingerprint density at radius 1 is 1.38 bits per heavy atom. The van der Waals surface area contributed by atoms with Crippen molar-refractivity contribution in [2.45, 2.75) is 64.1 Å². The number of rotatable bonds is 2. The number of nitriles is 1. The number of carbonyl (C=O) groups excluding carboxylic acids is 1. The van der Waals surface area contributed by atoms with Gasteiger partial charge in [-0.05, 0) is 40.5 Å². The molecule has 1 aliphatic rings. The van der Waals surface area contributed by atoms with Crippen LogP contribution in [0.25, 0.3) is 0 Å². The number of piperidine rings is 1. The minimum atomic E-state index is -0.166. The highest BCUT2D eigenvalue weighted by atomic mass is 16.1. The fourth-order valence-electron chi connectivity index (χ4n) is 2.77. The minimum absolute atomic E-state index is 0.0202. The van der Waals surface area contributed by atoms with Crippen LogP contribution < -0.4 is 10.6 Å². The number of nitrogens with zero attached hydrogens (tertiary/aromatic N) is 1. The predicted octanol–water partition coefficient (Wildman–Crippen LogP) is 1.33. The molecule has 0 unspecified atom stereocenters. The summed E-state index contributed by atoms with van der Waals surface area (Å²) >= 11 is 0. The summed E-state index contributed by atoms with van der Waals surface area (Å²) in [5.74, 6) is -0.166. The molecule has 0 aromatic heterocycles. The van der Waals surface area contributed by atoms with E-state index in [0.717, 1.165) is 12.8 Å². The summed E-state index contributed by atoms with van der Waals surface area (Å²) in [5.41, 5.74) is 0.0404. The standard InChI is InChI=1S/C12H21N3O/c1-11(2)7-9(8-12(3,4)15-11)14-10(16)5-6-13/h9,15H,5,7-8H2,1-4H3,(H,14,16). The van der Waals surface area contributed by atoms with E-state index in [1.165, 1.54) is 0 Å². The van der Waals surface area contributed by atoms with Gasteiger partial charge in [0.25, 0.3) is 0 Å². The van der Waals surface area contributed by atoms with Crippen LogP contribution >= 0.6 is 0 Å². The lowest BCUT2D eigenvalue weighted by Gasteiger charge is -2.46. The molecule has 1 saturated heterocycles. The van der Waals surface area contributed by atoms with Crippen molar-refractivity contribution in [2.24, 2.45) is 0 Å². The van der Waals surface area contributed by atoms with Gasteiger partial charge in [-0.1, -0.05) is 0 Å². The van der Waals surface area contributed by atoms with Crippen molar-refractivity contribution in [3.8, 4) is 6.07 Å². The molecule has 16 heavy (non-hydrogen) atoms. The molecule has 0 spiro atoms. The molecule has 1 fully saturated rings. The van der Waals surface area contributed by atoms with Crippen molar-refractivity contribution in [1.82, 2.24) is 10.6 Å². The van der Waals surface area contributed by atoms with Gasteiger partial charge < -0.3 is 10.6 Å². The number of amides is 1. The van der Waals surface area contributed by atoms with Crippen LogP contribution in [0.1, 0.15) is 47.0 Å². The Hall–Kier alpha value is -1.08. The highest BCUT2D eigenvalue weighted by Gasteiger charge is 2.37. The summed E-state index contributed by atoms with van der Waals surface area (Å²) < 4.78 is 0.